The molecular formula is C22H25N3O4. The predicted octanol–water partition coefficient (Wildman–Crippen LogP) is 2.14. The van der Waals surface area contributed by atoms with Gasteiger partial charge in [-0.05, 0) is 55.4 Å². The average molecular weight is 395 g/mol. The maximum atomic E-state index is 12.7. The van der Waals surface area contributed by atoms with Gasteiger partial charge in [-0.2, -0.15) is 0 Å². The highest BCUT2D eigenvalue weighted by Crippen LogP contribution is 2.37. The smallest absolute Gasteiger partial charge is 0.273 e. The molecule has 3 atom stereocenters. The van der Waals surface area contributed by atoms with Gasteiger partial charge >= 0.3 is 0 Å². The fraction of sp³-hybridized carbons (Fsp3) is 0.409. The van der Waals surface area contributed by atoms with E-state index >= 15 is 0 Å². The van der Waals surface area contributed by atoms with Gasteiger partial charge in [-0.1, -0.05) is 18.2 Å². The van der Waals surface area contributed by atoms with E-state index in [4.69, 9.17) is 4.74 Å². The number of benzene rings is 1. The summed E-state index contributed by atoms with van der Waals surface area (Å²) < 4.78 is 5.71. The summed E-state index contributed by atoms with van der Waals surface area (Å²) in [7, 11) is 0. The molecule has 1 unspecified atom stereocenters. The van der Waals surface area contributed by atoms with E-state index in [2.05, 4.69) is 10.3 Å². The molecule has 2 aliphatic rings. The lowest BCUT2D eigenvalue weighted by atomic mass is 9.92. The molecule has 152 valence electrons. The van der Waals surface area contributed by atoms with Crippen molar-refractivity contribution in [3.05, 3.63) is 53.9 Å². The van der Waals surface area contributed by atoms with Gasteiger partial charge in [0.25, 0.3) is 11.8 Å². The molecule has 7 heteroatoms. The minimum absolute atomic E-state index is 0.00903. The number of fused-ring (bicyclic) bond motifs is 2. The summed E-state index contributed by atoms with van der Waals surface area (Å²) in [4.78, 5) is 31.0. The summed E-state index contributed by atoms with van der Waals surface area (Å²) in [6, 6.07) is 10.7. The number of aromatic hydroxyl groups is 1. The van der Waals surface area contributed by atoms with Crippen LogP contribution in [0.4, 0.5) is 0 Å². The van der Waals surface area contributed by atoms with Crippen LogP contribution in [0.5, 0.6) is 11.5 Å². The van der Waals surface area contributed by atoms with Crippen molar-refractivity contribution in [1.82, 2.24) is 15.2 Å². The van der Waals surface area contributed by atoms with Crippen LogP contribution < -0.4 is 10.1 Å². The first-order valence-corrected chi connectivity index (χ1v) is 9.94. The average Bonchev–Trinajstić information content (AvgIpc) is 2.94. The van der Waals surface area contributed by atoms with Crippen molar-refractivity contribution in [2.45, 2.75) is 25.8 Å². The van der Waals surface area contributed by atoms with Crippen molar-refractivity contribution in [2.24, 2.45) is 11.8 Å². The maximum Gasteiger partial charge on any atom is 0.273 e. The number of likely N-dealkylation sites (tertiary alicyclic amines) is 1. The molecule has 0 spiro atoms. The van der Waals surface area contributed by atoms with Crippen LogP contribution >= 0.6 is 0 Å². The molecule has 1 aromatic heterocycles. The van der Waals surface area contributed by atoms with Gasteiger partial charge in [0.2, 0.25) is 0 Å². The Kier molecular flexibility index (Phi) is 5.38. The molecule has 1 aromatic carbocycles. The third-order valence-corrected chi connectivity index (χ3v) is 5.93. The quantitative estimate of drug-likeness (QED) is 0.809. The van der Waals surface area contributed by atoms with Crippen LogP contribution in [0.25, 0.3) is 0 Å². The summed E-state index contributed by atoms with van der Waals surface area (Å²) in [5.74, 6) is 0.598. The lowest BCUT2D eigenvalue weighted by molar-refractivity contribution is -0.135. The van der Waals surface area contributed by atoms with Crippen molar-refractivity contribution in [1.29, 1.82) is 0 Å². The minimum Gasteiger partial charge on any atom is -0.505 e. The van der Waals surface area contributed by atoms with E-state index in [0.29, 0.717) is 13.1 Å². The van der Waals surface area contributed by atoms with Gasteiger partial charge in [0.1, 0.15) is 11.5 Å². The van der Waals surface area contributed by atoms with Crippen molar-refractivity contribution in [3.8, 4) is 11.5 Å². The zero-order valence-corrected chi connectivity index (χ0v) is 16.4. The number of aryl methyl sites for hydroxylation is 1. The summed E-state index contributed by atoms with van der Waals surface area (Å²) in [6.07, 6.45) is 3.41. The highest BCUT2D eigenvalue weighted by Gasteiger charge is 2.44. The Hall–Kier alpha value is -3.09. The van der Waals surface area contributed by atoms with Gasteiger partial charge in [0, 0.05) is 25.3 Å². The molecule has 1 saturated heterocycles. The van der Waals surface area contributed by atoms with Crippen LogP contribution in [0.2, 0.25) is 0 Å². The molecule has 2 N–H and O–H groups in total. The fourth-order valence-corrected chi connectivity index (χ4v) is 4.40. The van der Waals surface area contributed by atoms with Crippen LogP contribution in [0.3, 0.4) is 0 Å². The van der Waals surface area contributed by atoms with E-state index in [1.165, 1.54) is 12.3 Å². The first kappa shape index (κ1) is 19.2. The Morgan fingerprint density at radius 2 is 1.90 bits per heavy atom. The van der Waals surface area contributed by atoms with Crippen LogP contribution in [-0.2, 0) is 4.79 Å². The number of ether oxygens (including phenoxy) is 1. The number of hydrogen-bond acceptors (Lipinski definition) is 5. The number of piperidine rings is 1. The van der Waals surface area contributed by atoms with Crippen LogP contribution in [0.15, 0.2) is 42.6 Å². The van der Waals surface area contributed by atoms with Crippen LogP contribution in [0.1, 0.15) is 28.9 Å². The third-order valence-electron chi connectivity index (χ3n) is 5.93. The number of nitrogens with zero attached hydrogens (tertiary/aromatic N) is 2. The number of carbonyl (C=O) groups is 2. The number of hydrogen-bond donors (Lipinski definition) is 2. The Morgan fingerprint density at radius 1 is 1.17 bits per heavy atom. The van der Waals surface area contributed by atoms with Gasteiger partial charge in [-0.15, -0.1) is 0 Å². The van der Waals surface area contributed by atoms with Gasteiger partial charge in [-0.3, -0.25) is 9.59 Å². The van der Waals surface area contributed by atoms with Crippen LogP contribution in [-0.4, -0.2) is 52.5 Å². The highest BCUT2D eigenvalue weighted by atomic mass is 16.5. The molecule has 2 amide bonds. The summed E-state index contributed by atoms with van der Waals surface area (Å²) in [6.45, 7) is 3.17. The number of aromatic nitrogens is 1. The standard InChI is InChI=1S/C22H25N3O4/c1-14-5-2-3-7-18(14)29-13-19(27)25-11-15-8-9-16(12-25)20(15)24-22(28)21-17(26)6-4-10-23-21/h2-7,10,15-16,20,26H,8-9,11-13H2,1H3,(H,24,28)/t15-,16+,20?. The first-order valence-electron chi connectivity index (χ1n) is 9.94. The molecular weight excluding hydrogens is 370 g/mol. The second-order valence-corrected chi connectivity index (χ2v) is 7.82. The van der Waals surface area contributed by atoms with E-state index in [-0.39, 0.29) is 47.7 Å². The molecule has 0 radical (unpaired) electrons. The Morgan fingerprint density at radius 3 is 2.59 bits per heavy atom. The normalized spacial score (nSPS) is 22.9. The molecule has 4 rings (SSSR count). The van der Waals surface area contributed by atoms with Crippen molar-refractivity contribution in [3.63, 3.8) is 0 Å². The molecule has 1 saturated carbocycles. The number of rotatable bonds is 5. The zero-order valence-electron chi connectivity index (χ0n) is 16.4. The largest absolute Gasteiger partial charge is 0.505 e. The minimum atomic E-state index is -0.368. The number of para-hydroxylation sites is 1. The van der Waals surface area contributed by atoms with E-state index < -0.39 is 0 Å². The first-order chi connectivity index (χ1) is 14.0. The second kappa shape index (κ2) is 8.11. The fourth-order valence-electron chi connectivity index (χ4n) is 4.40. The molecule has 7 nitrogen and oxygen atoms in total. The summed E-state index contributed by atoms with van der Waals surface area (Å²) >= 11 is 0. The van der Waals surface area contributed by atoms with E-state index in [9.17, 15) is 14.7 Å². The van der Waals surface area contributed by atoms with Crippen molar-refractivity contribution in [2.75, 3.05) is 19.7 Å². The topological polar surface area (TPSA) is 91.8 Å². The SMILES string of the molecule is Cc1ccccc1OCC(=O)N1C[C@H]2CC[C@@H](C1)C2NC(=O)c1ncccc1O. The number of carbonyl (C=O) groups excluding carboxylic acids is 2. The maximum absolute atomic E-state index is 12.7. The molecule has 2 bridgehead atoms. The lowest BCUT2D eigenvalue weighted by Crippen LogP contribution is -2.54. The molecule has 1 aliphatic carbocycles. The predicted molar refractivity (Wildman–Crippen MR) is 107 cm³/mol. The van der Waals surface area contributed by atoms with Gasteiger partial charge < -0.3 is 20.1 Å². The molecule has 29 heavy (non-hydrogen) atoms. The van der Waals surface area contributed by atoms with Crippen LogP contribution in [0, 0.1) is 18.8 Å². The third kappa shape index (κ3) is 4.04. The number of nitrogens with one attached hydrogen (secondary N) is 1. The molecule has 1 aliphatic heterocycles. The van der Waals surface area contributed by atoms with Gasteiger partial charge in [0.15, 0.2) is 12.3 Å². The monoisotopic (exact) mass is 395 g/mol. The molecule has 2 heterocycles. The summed E-state index contributed by atoms with van der Waals surface area (Å²) in [5, 5.41) is 12.9. The zero-order chi connectivity index (χ0) is 20.4. The molecule has 2 aromatic rings. The highest BCUT2D eigenvalue weighted by molar-refractivity contribution is 5.95. The summed E-state index contributed by atoms with van der Waals surface area (Å²) in [5.41, 5.74) is 1.04. The number of pyridine rings is 1. The lowest BCUT2D eigenvalue weighted by Gasteiger charge is -2.38. The second-order valence-electron chi connectivity index (χ2n) is 7.82. The Bertz CT molecular complexity index is 902. The van der Waals surface area contributed by atoms with E-state index in [0.717, 1.165) is 24.2 Å². The number of amides is 2. The molecule has 2 fully saturated rings. The Balaban J connectivity index is 1.35. The van der Waals surface area contributed by atoms with Gasteiger partial charge in [-0.25, -0.2) is 4.98 Å². The van der Waals surface area contributed by atoms with Gasteiger partial charge in [0.05, 0.1) is 0 Å². The van der Waals surface area contributed by atoms with Crippen molar-refractivity contribution >= 4 is 11.8 Å². The van der Waals surface area contributed by atoms with Crippen molar-refractivity contribution < 1.29 is 19.4 Å². The van der Waals surface area contributed by atoms with E-state index in [1.54, 1.807) is 6.07 Å². The van der Waals surface area contributed by atoms with E-state index in [1.807, 2.05) is 36.1 Å². The Labute approximate surface area is 169 Å².